The standard InChI is InChI=1S/C17H20Cl2FN3O2/c1-3-14(10-13(21)8-9-18)25-17(12(2)20)15(19)6-4-5-7-16-23-22-11-24-16/h3,8,10-11H,1-2,4-7,9,21H2/b13-8+,14-10+,17-15-. The van der Waals surface area contributed by atoms with Crippen molar-refractivity contribution < 1.29 is 13.5 Å². The Morgan fingerprint density at radius 2 is 2.20 bits per heavy atom. The maximum Gasteiger partial charge on any atom is 0.216 e. The van der Waals surface area contributed by atoms with E-state index in [1.54, 1.807) is 6.08 Å². The summed E-state index contributed by atoms with van der Waals surface area (Å²) in [6.45, 7) is 6.85. The van der Waals surface area contributed by atoms with Gasteiger partial charge in [-0.3, -0.25) is 0 Å². The molecule has 8 heteroatoms. The molecule has 1 aromatic rings. The van der Waals surface area contributed by atoms with E-state index in [1.165, 1.54) is 18.5 Å². The molecule has 0 atom stereocenters. The Hall–Kier alpha value is -2.05. The maximum atomic E-state index is 13.7. The van der Waals surface area contributed by atoms with Crippen molar-refractivity contribution >= 4 is 23.2 Å². The summed E-state index contributed by atoms with van der Waals surface area (Å²) in [7, 11) is 0. The van der Waals surface area contributed by atoms with Crippen LogP contribution in [0.5, 0.6) is 0 Å². The lowest BCUT2D eigenvalue weighted by molar-refractivity contribution is 0.306. The summed E-state index contributed by atoms with van der Waals surface area (Å²) in [5.74, 6) is 0.0897. The molecule has 25 heavy (non-hydrogen) atoms. The largest absolute Gasteiger partial charge is 0.453 e. The zero-order valence-corrected chi connectivity index (χ0v) is 15.2. The minimum absolute atomic E-state index is 0.149. The summed E-state index contributed by atoms with van der Waals surface area (Å²) in [6, 6.07) is 0. The lowest BCUT2D eigenvalue weighted by Gasteiger charge is -2.11. The van der Waals surface area contributed by atoms with Crippen molar-refractivity contribution in [2.45, 2.75) is 25.7 Å². The Morgan fingerprint density at radius 1 is 1.44 bits per heavy atom. The maximum absolute atomic E-state index is 13.7. The number of hydrogen-bond acceptors (Lipinski definition) is 5. The van der Waals surface area contributed by atoms with E-state index in [0.717, 1.165) is 6.42 Å². The first-order chi connectivity index (χ1) is 12.0. The molecule has 0 aliphatic carbocycles. The van der Waals surface area contributed by atoms with Gasteiger partial charge >= 0.3 is 0 Å². The monoisotopic (exact) mass is 387 g/mol. The fourth-order valence-electron chi connectivity index (χ4n) is 1.79. The number of aromatic nitrogens is 2. The van der Waals surface area contributed by atoms with Crippen LogP contribution in [0.3, 0.4) is 0 Å². The van der Waals surface area contributed by atoms with Gasteiger partial charge in [-0.05, 0) is 31.4 Å². The third kappa shape index (κ3) is 8.05. The highest BCUT2D eigenvalue weighted by Gasteiger charge is 2.13. The van der Waals surface area contributed by atoms with Crippen molar-refractivity contribution in [3.8, 4) is 0 Å². The molecule has 2 N–H and O–H groups in total. The van der Waals surface area contributed by atoms with E-state index >= 15 is 0 Å². The smallest absolute Gasteiger partial charge is 0.216 e. The molecule has 136 valence electrons. The molecule has 0 unspecified atom stereocenters. The van der Waals surface area contributed by atoms with Gasteiger partial charge in [0, 0.05) is 24.1 Å². The van der Waals surface area contributed by atoms with E-state index in [-0.39, 0.29) is 22.4 Å². The first-order valence-corrected chi connectivity index (χ1v) is 8.41. The summed E-state index contributed by atoms with van der Waals surface area (Å²) < 4.78 is 24.2. The molecular weight excluding hydrogens is 368 g/mol. The molecule has 0 saturated carbocycles. The van der Waals surface area contributed by atoms with Crippen molar-refractivity contribution in [2.75, 3.05) is 5.88 Å². The van der Waals surface area contributed by atoms with Gasteiger partial charge in [0.15, 0.2) is 11.6 Å². The highest BCUT2D eigenvalue weighted by atomic mass is 35.5. The Bertz CT molecular complexity index is 667. The predicted molar refractivity (Wildman–Crippen MR) is 97.3 cm³/mol. The van der Waals surface area contributed by atoms with Crippen LogP contribution in [-0.2, 0) is 11.2 Å². The van der Waals surface area contributed by atoms with Gasteiger partial charge in [0.1, 0.15) is 5.76 Å². The lowest BCUT2D eigenvalue weighted by atomic mass is 10.1. The molecule has 1 heterocycles. The minimum Gasteiger partial charge on any atom is -0.453 e. The molecule has 0 aromatic carbocycles. The number of nitrogens with zero attached hydrogens (tertiary/aromatic N) is 2. The number of aryl methyl sites for hydroxylation is 1. The molecule has 0 bridgehead atoms. The number of unbranched alkanes of at least 4 members (excludes halogenated alkanes) is 1. The zero-order chi connectivity index (χ0) is 18.7. The molecule has 0 aliphatic heterocycles. The van der Waals surface area contributed by atoms with Crippen molar-refractivity contribution in [1.29, 1.82) is 0 Å². The summed E-state index contributed by atoms with van der Waals surface area (Å²) >= 11 is 11.7. The third-order valence-electron chi connectivity index (χ3n) is 2.98. The highest BCUT2D eigenvalue weighted by Crippen LogP contribution is 2.26. The molecule has 1 aromatic heterocycles. The van der Waals surface area contributed by atoms with Gasteiger partial charge in [-0.2, -0.15) is 0 Å². The van der Waals surface area contributed by atoms with Crippen LogP contribution >= 0.6 is 23.2 Å². The Labute approximate surface area is 156 Å². The summed E-state index contributed by atoms with van der Waals surface area (Å²) in [5, 5.41) is 7.59. The Balaban J connectivity index is 2.71. The van der Waals surface area contributed by atoms with E-state index < -0.39 is 5.83 Å². The lowest BCUT2D eigenvalue weighted by Crippen LogP contribution is -1.99. The predicted octanol–water partition coefficient (Wildman–Crippen LogP) is 4.88. The molecule has 1 rings (SSSR count). The number of ether oxygens (including phenoxy) is 1. The minimum atomic E-state index is -0.783. The van der Waals surface area contributed by atoms with Crippen molar-refractivity contribution in [3.63, 3.8) is 0 Å². The number of alkyl halides is 1. The zero-order valence-electron chi connectivity index (χ0n) is 13.7. The Kier molecular flexibility index (Phi) is 9.65. The van der Waals surface area contributed by atoms with Gasteiger partial charge in [0.2, 0.25) is 12.3 Å². The van der Waals surface area contributed by atoms with Gasteiger partial charge in [-0.25, -0.2) is 4.39 Å². The van der Waals surface area contributed by atoms with E-state index in [0.29, 0.717) is 30.9 Å². The highest BCUT2D eigenvalue weighted by molar-refractivity contribution is 6.30. The molecule has 0 amide bonds. The molecular formula is C17H20Cl2FN3O2. The van der Waals surface area contributed by atoms with Crippen molar-refractivity contribution in [3.05, 3.63) is 71.7 Å². The quantitative estimate of drug-likeness (QED) is 0.253. The molecule has 0 radical (unpaired) electrons. The van der Waals surface area contributed by atoms with Crippen LogP contribution in [-0.4, -0.2) is 16.1 Å². The first-order valence-electron chi connectivity index (χ1n) is 7.50. The average Bonchev–Trinajstić information content (AvgIpc) is 3.08. The average molecular weight is 388 g/mol. The van der Waals surface area contributed by atoms with E-state index in [4.69, 9.17) is 38.1 Å². The number of nitrogens with two attached hydrogens (primary N) is 1. The van der Waals surface area contributed by atoms with Crippen LogP contribution in [0.15, 0.2) is 70.3 Å². The number of rotatable bonds is 11. The molecule has 0 saturated heterocycles. The molecule has 5 nitrogen and oxygen atoms in total. The molecule has 0 aliphatic rings. The Morgan fingerprint density at radius 3 is 2.76 bits per heavy atom. The normalized spacial score (nSPS) is 13.4. The topological polar surface area (TPSA) is 74.2 Å². The van der Waals surface area contributed by atoms with E-state index in [1.807, 2.05) is 0 Å². The summed E-state index contributed by atoms with van der Waals surface area (Å²) in [5.41, 5.74) is 6.09. The second-order valence-electron chi connectivity index (χ2n) is 4.89. The van der Waals surface area contributed by atoms with Crippen LogP contribution in [0.4, 0.5) is 4.39 Å². The number of halogens is 3. The fourth-order valence-corrected chi connectivity index (χ4v) is 2.25. The second-order valence-corrected chi connectivity index (χ2v) is 5.65. The van der Waals surface area contributed by atoms with Gasteiger partial charge in [0.25, 0.3) is 0 Å². The van der Waals surface area contributed by atoms with Crippen LogP contribution in [0, 0.1) is 0 Å². The third-order valence-corrected chi connectivity index (χ3v) is 3.49. The summed E-state index contributed by atoms with van der Waals surface area (Å²) in [6.07, 6.45) is 8.16. The van der Waals surface area contributed by atoms with E-state index in [2.05, 4.69) is 23.4 Å². The van der Waals surface area contributed by atoms with Crippen LogP contribution in [0.2, 0.25) is 0 Å². The van der Waals surface area contributed by atoms with Crippen LogP contribution in [0.1, 0.15) is 25.2 Å². The van der Waals surface area contributed by atoms with Gasteiger partial charge in [-0.15, -0.1) is 21.8 Å². The fraction of sp³-hybridized carbons (Fsp3) is 0.294. The molecule has 0 fully saturated rings. The van der Waals surface area contributed by atoms with Crippen molar-refractivity contribution in [1.82, 2.24) is 10.2 Å². The van der Waals surface area contributed by atoms with Gasteiger partial charge < -0.3 is 14.9 Å². The van der Waals surface area contributed by atoms with Gasteiger partial charge in [-0.1, -0.05) is 24.8 Å². The van der Waals surface area contributed by atoms with E-state index in [9.17, 15) is 4.39 Å². The number of hydrogen-bond donors (Lipinski definition) is 1. The van der Waals surface area contributed by atoms with Crippen LogP contribution < -0.4 is 5.73 Å². The van der Waals surface area contributed by atoms with Crippen LogP contribution in [0.25, 0.3) is 0 Å². The molecule has 0 spiro atoms. The SMILES string of the molecule is C=C/C(=C\C(N)=C/CCl)O/C(C(=C)F)=C(\Cl)CCCCc1nnco1. The van der Waals surface area contributed by atoms with Crippen molar-refractivity contribution in [2.24, 2.45) is 5.73 Å². The number of allylic oxidation sites excluding steroid dienone is 5. The first kappa shape index (κ1) is 21.0. The van der Waals surface area contributed by atoms with Gasteiger partial charge in [0.05, 0.1) is 5.03 Å². The summed E-state index contributed by atoms with van der Waals surface area (Å²) in [4.78, 5) is 0. The second kappa shape index (κ2) is 11.5.